The maximum absolute atomic E-state index is 10.6. The molecule has 78 valence electrons. The van der Waals surface area contributed by atoms with Gasteiger partial charge in [-0.25, -0.2) is 0 Å². The highest BCUT2D eigenvalue weighted by molar-refractivity contribution is 7.75. The molecule has 0 saturated carbocycles. The second-order valence-corrected chi connectivity index (χ2v) is 8.38. The normalized spacial score (nSPS) is 11.4. The third-order valence-corrected chi connectivity index (χ3v) is 8.04. The number of rotatable bonds is 6. The van der Waals surface area contributed by atoms with Gasteiger partial charge in [0.05, 0.1) is 24.6 Å². The first-order valence-corrected chi connectivity index (χ1v) is 7.61. The number of hydrogen-bond acceptors (Lipinski definition) is 2. The van der Waals surface area contributed by atoms with E-state index in [1.165, 1.54) is 25.4 Å². The molecule has 0 saturated heterocycles. The molecule has 0 aromatic rings. The van der Waals surface area contributed by atoms with Crippen molar-refractivity contribution in [1.29, 1.82) is 0 Å². The van der Waals surface area contributed by atoms with E-state index in [-0.39, 0.29) is 5.97 Å². The summed E-state index contributed by atoms with van der Waals surface area (Å²) in [5, 5.41) is 0. The van der Waals surface area contributed by atoms with Crippen LogP contribution in [0, 0.1) is 0 Å². The van der Waals surface area contributed by atoms with Crippen molar-refractivity contribution in [3.05, 3.63) is 0 Å². The Hall–Kier alpha value is -0.100. The van der Waals surface area contributed by atoms with Crippen LogP contribution in [0.5, 0.6) is 0 Å². The molecule has 13 heavy (non-hydrogen) atoms. The maximum Gasteiger partial charge on any atom is 0.302 e. The van der Waals surface area contributed by atoms with Crippen molar-refractivity contribution in [2.45, 2.75) is 27.7 Å². The summed E-state index contributed by atoms with van der Waals surface area (Å²) in [6, 6.07) is 0. The first-order valence-electron chi connectivity index (χ1n) is 5.08. The molecule has 2 nitrogen and oxygen atoms in total. The van der Waals surface area contributed by atoms with Gasteiger partial charge >= 0.3 is 5.97 Å². The van der Waals surface area contributed by atoms with E-state index in [1.54, 1.807) is 0 Å². The van der Waals surface area contributed by atoms with Gasteiger partial charge in [0.15, 0.2) is 0 Å². The summed E-state index contributed by atoms with van der Waals surface area (Å²) in [4.78, 5) is 10.6. The van der Waals surface area contributed by atoms with Crippen molar-refractivity contribution in [2.24, 2.45) is 0 Å². The van der Waals surface area contributed by atoms with Crippen molar-refractivity contribution in [3.63, 3.8) is 0 Å². The van der Waals surface area contributed by atoms with E-state index in [0.717, 1.165) is 6.16 Å². The van der Waals surface area contributed by atoms with Gasteiger partial charge in [-0.05, 0) is 20.8 Å². The Morgan fingerprint density at radius 1 is 1.15 bits per heavy atom. The molecule has 0 amide bonds. The zero-order valence-corrected chi connectivity index (χ0v) is 10.2. The van der Waals surface area contributed by atoms with Gasteiger partial charge < -0.3 is 4.74 Å². The topological polar surface area (TPSA) is 26.3 Å². The molecule has 0 spiro atoms. The van der Waals surface area contributed by atoms with Crippen LogP contribution < -0.4 is 0 Å². The number of carbonyl (C=O) groups is 1. The Balaban J connectivity index is 3.88. The van der Waals surface area contributed by atoms with E-state index in [0.29, 0.717) is 6.61 Å². The lowest BCUT2D eigenvalue weighted by atomic mass is 10.8. The second-order valence-electron chi connectivity index (χ2n) is 3.35. The van der Waals surface area contributed by atoms with Gasteiger partial charge in [0.2, 0.25) is 0 Å². The molecule has 0 aromatic carbocycles. The minimum Gasteiger partial charge on any atom is -0.462 e. The van der Waals surface area contributed by atoms with Crippen LogP contribution in [0.4, 0.5) is 0 Å². The summed E-state index contributed by atoms with van der Waals surface area (Å²) in [6.45, 7) is 8.88. The molecule has 0 bridgehead atoms. The molecule has 0 fully saturated rings. The minimum absolute atomic E-state index is 0.151. The van der Waals surface area contributed by atoms with Gasteiger partial charge in [-0.15, -0.1) is 0 Å². The fourth-order valence-electron chi connectivity index (χ4n) is 1.53. The van der Waals surface area contributed by atoms with Crippen molar-refractivity contribution in [2.75, 3.05) is 31.3 Å². The molecule has 0 rings (SSSR count). The van der Waals surface area contributed by atoms with Gasteiger partial charge in [-0.1, -0.05) is 0 Å². The summed E-state index contributed by atoms with van der Waals surface area (Å²) in [5.74, 6) is -0.151. The lowest BCUT2D eigenvalue weighted by molar-refractivity contribution is -0.140. The molecule has 3 heteroatoms. The Labute approximate surface area is 82.4 Å². The van der Waals surface area contributed by atoms with E-state index < -0.39 is 7.26 Å². The van der Waals surface area contributed by atoms with Crippen molar-refractivity contribution in [1.82, 2.24) is 0 Å². The lowest BCUT2D eigenvalue weighted by Gasteiger charge is -2.22. The number of esters is 1. The maximum atomic E-state index is 10.6. The number of ether oxygens (including phenoxy) is 1. The number of carbonyl (C=O) groups excluding carboxylic acids is 1. The Morgan fingerprint density at radius 2 is 1.62 bits per heavy atom. The van der Waals surface area contributed by atoms with Gasteiger partial charge in [-0.2, -0.15) is 0 Å². The number of hydrogen-bond donors (Lipinski definition) is 0. The average molecular weight is 205 g/mol. The van der Waals surface area contributed by atoms with Gasteiger partial charge in [0, 0.05) is 14.2 Å². The Kier molecular flexibility index (Phi) is 6.32. The minimum atomic E-state index is -0.772. The quantitative estimate of drug-likeness (QED) is 0.492. The van der Waals surface area contributed by atoms with Gasteiger partial charge in [-0.3, -0.25) is 4.79 Å². The van der Waals surface area contributed by atoms with Crippen molar-refractivity contribution >= 4 is 13.2 Å². The SMILES string of the molecule is CC[P+](CC)(CC)CCOC(C)=O. The zero-order valence-electron chi connectivity index (χ0n) is 9.30. The van der Waals surface area contributed by atoms with Crippen LogP contribution in [0.1, 0.15) is 27.7 Å². The summed E-state index contributed by atoms with van der Waals surface area (Å²) in [6.07, 6.45) is 4.94. The first kappa shape index (κ1) is 12.9. The molecule has 0 aliphatic rings. The van der Waals surface area contributed by atoms with Crippen LogP contribution in [-0.4, -0.2) is 37.2 Å². The van der Waals surface area contributed by atoms with Gasteiger partial charge in [0.25, 0.3) is 0 Å². The van der Waals surface area contributed by atoms with E-state index in [2.05, 4.69) is 20.8 Å². The smallest absolute Gasteiger partial charge is 0.302 e. The summed E-state index contributed by atoms with van der Waals surface area (Å²) >= 11 is 0. The molecule has 0 unspecified atom stereocenters. The fourth-order valence-corrected chi connectivity index (χ4v) is 4.30. The molecule has 0 atom stereocenters. The highest BCUT2D eigenvalue weighted by atomic mass is 31.2. The highest BCUT2D eigenvalue weighted by Gasteiger charge is 2.30. The lowest BCUT2D eigenvalue weighted by Crippen LogP contribution is -2.13. The molecule has 0 N–H and O–H groups in total. The van der Waals surface area contributed by atoms with Crippen LogP contribution in [0.15, 0.2) is 0 Å². The Bertz CT molecular complexity index is 145. The molecule has 0 radical (unpaired) electrons. The molecule has 0 aliphatic carbocycles. The monoisotopic (exact) mass is 205 g/mol. The summed E-state index contributed by atoms with van der Waals surface area (Å²) < 4.78 is 4.99. The van der Waals surface area contributed by atoms with Crippen LogP contribution in [-0.2, 0) is 9.53 Å². The molecule has 0 aliphatic heterocycles. The predicted octanol–water partition coefficient (Wildman–Crippen LogP) is 2.63. The Morgan fingerprint density at radius 3 is 1.92 bits per heavy atom. The first-order chi connectivity index (χ1) is 6.10. The van der Waals surface area contributed by atoms with Crippen LogP contribution in [0.3, 0.4) is 0 Å². The predicted molar refractivity (Wildman–Crippen MR) is 60.0 cm³/mol. The molecular formula is C10H22O2P+. The van der Waals surface area contributed by atoms with E-state index in [1.807, 2.05) is 0 Å². The molecule has 0 aromatic heterocycles. The summed E-state index contributed by atoms with van der Waals surface area (Å²) in [5.41, 5.74) is 0. The van der Waals surface area contributed by atoms with E-state index >= 15 is 0 Å². The zero-order chi connectivity index (χ0) is 10.3. The van der Waals surface area contributed by atoms with E-state index in [4.69, 9.17) is 4.74 Å². The molecular weight excluding hydrogens is 183 g/mol. The fraction of sp³-hybridized carbons (Fsp3) is 0.900. The van der Waals surface area contributed by atoms with Crippen LogP contribution in [0.2, 0.25) is 0 Å². The van der Waals surface area contributed by atoms with E-state index in [9.17, 15) is 4.79 Å². The highest BCUT2D eigenvalue weighted by Crippen LogP contribution is 2.57. The largest absolute Gasteiger partial charge is 0.462 e. The average Bonchev–Trinajstić information content (AvgIpc) is 2.13. The second kappa shape index (κ2) is 6.37. The van der Waals surface area contributed by atoms with Crippen molar-refractivity contribution in [3.8, 4) is 0 Å². The standard InChI is InChI=1S/C10H22O2P/c1-5-13(6-2,7-3)9-8-12-10(4)11/h5-9H2,1-4H3/q+1. The molecule has 0 heterocycles. The van der Waals surface area contributed by atoms with Crippen LogP contribution in [0.25, 0.3) is 0 Å². The summed E-state index contributed by atoms with van der Waals surface area (Å²) in [7, 11) is -0.772. The third-order valence-electron chi connectivity index (χ3n) is 2.88. The van der Waals surface area contributed by atoms with Crippen molar-refractivity contribution < 1.29 is 9.53 Å². The third kappa shape index (κ3) is 4.61. The van der Waals surface area contributed by atoms with Crippen LogP contribution >= 0.6 is 7.26 Å². The van der Waals surface area contributed by atoms with Gasteiger partial charge in [0.1, 0.15) is 6.61 Å².